The number of nitrogens with zero attached hydrogens (tertiary/aromatic N) is 2. The van der Waals surface area contributed by atoms with E-state index in [2.05, 4.69) is 15.5 Å². The second-order valence-electron chi connectivity index (χ2n) is 15.8. The number of benzene rings is 2. The van der Waals surface area contributed by atoms with Gasteiger partial charge in [-0.15, -0.1) is 0 Å². The number of nitrogens with one attached hydrogen (secondary N) is 2. The molecule has 0 bridgehead atoms. The molecule has 0 unspecified atom stereocenters. The zero-order chi connectivity index (χ0) is 39.0. The molecule has 2 aliphatic heterocycles. The lowest BCUT2D eigenvalue weighted by molar-refractivity contribution is -0.145. The van der Waals surface area contributed by atoms with Gasteiger partial charge in [0.1, 0.15) is 6.04 Å². The number of Topliss-reactive ketones (excluding diaryl/α,β-unsaturated/α-hetero) is 2. The molecule has 0 aliphatic carbocycles. The Kier molecular flexibility index (Phi) is 17.3. The SMILES string of the molecule is CNCCCC[C@@H](CC(=O)[C@@H](CC(C)C)NC(=O)[C@H](CC(=O)[C@H](N)Cc1ccccc1)Cc1ccccc1)C(=O)N1CCC(N2CCC[C@H]2C(=O)O)CC1. The summed E-state index contributed by atoms with van der Waals surface area (Å²) in [7, 11) is 1.89. The van der Waals surface area contributed by atoms with E-state index in [1.54, 1.807) is 0 Å². The van der Waals surface area contributed by atoms with E-state index < -0.39 is 35.9 Å². The first kappa shape index (κ1) is 42.8. The second-order valence-corrected chi connectivity index (χ2v) is 15.8. The molecule has 296 valence electrons. The molecule has 0 saturated carbocycles. The highest BCUT2D eigenvalue weighted by Gasteiger charge is 2.39. The summed E-state index contributed by atoms with van der Waals surface area (Å²) in [4.78, 5) is 71.6. The number of nitrogens with two attached hydrogens (primary N) is 1. The fraction of sp³-hybridized carbons (Fsp3) is 0.605. The first-order valence-electron chi connectivity index (χ1n) is 20.1. The van der Waals surface area contributed by atoms with Crippen LogP contribution in [0.1, 0.15) is 89.2 Å². The van der Waals surface area contributed by atoms with E-state index in [4.69, 9.17) is 5.73 Å². The van der Waals surface area contributed by atoms with Crippen molar-refractivity contribution in [1.29, 1.82) is 0 Å². The molecule has 2 amide bonds. The maximum atomic E-state index is 14.2. The minimum Gasteiger partial charge on any atom is -0.480 e. The standard InChI is InChI=1S/C43H63N5O6/c1-30(2)25-37(46-41(51)34(26-31-13-6-4-7-14-31)29-39(49)36(44)27-32-15-8-5-9-16-32)40(50)28-33(17-10-11-21-45-3)42(52)47-23-19-35(20-24-47)48-22-12-18-38(48)43(53)54/h4-9,13-16,30,33-38,45H,10-12,17-29,44H2,1-3H3,(H,46,51)(H,53,54)/t33-,34-,36+,37+,38-/m0/s1. The Bertz CT molecular complexity index is 1500. The molecule has 2 aromatic carbocycles. The van der Waals surface area contributed by atoms with Crippen LogP contribution in [0.2, 0.25) is 0 Å². The molecule has 0 spiro atoms. The normalized spacial score (nSPS) is 18.9. The number of aliphatic carboxylic acids is 1. The molecule has 2 aliphatic rings. The zero-order valence-corrected chi connectivity index (χ0v) is 32.6. The van der Waals surface area contributed by atoms with Crippen molar-refractivity contribution in [3.05, 3.63) is 71.8 Å². The number of carbonyl (C=O) groups is 5. The van der Waals surface area contributed by atoms with Crippen LogP contribution in [0.3, 0.4) is 0 Å². The van der Waals surface area contributed by atoms with Gasteiger partial charge in [-0.05, 0) is 95.0 Å². The van der Waals surface area contributed by atoms with Gasteiger partial charge in [0.05, 0.1) is 12.1 Å². The third kappa shape index (κ3) is 13.1. The van der Waals surface area contributed by atoms with E-state index in [1.807, 2.05) is 86.5 Å². The predicted molar refractivity (Wildman–Crippen MR) is 211 cm³/mol. The van der Waals surface area contributed by atoms with Crippen molar-refractivity contribution < 1.29 is 29.1 Å². The fourth-order valence-electron chi connectivity index (χ4n) is 8.12. The van der Waals surface area contributed by atoms with Crippen LogP contribution in [0.25, 0.3) is 0 Å². The highest BCUT2D eigenvalue weighted by molar-refractivity contribution is 5.94. The van der Waals surface area contributed by atoms with Crippen LogP contribution >= 0.6 is 0 Å². The van der Waals surface area contributed by atoms with Crippen LogP contribution in [0, 0.1) is 17.8 Å². The van der Waals surface area contributed by atoms with Crippen molar-refractivity contribution in [2.75, 3.05) is 33.2 Å². The minimum atomic E-state index is -0.801. The van der Waals surface area contributed by atoms with Crippen LogP contribution in [-0.2, 0) is 36.8 Å². The maximum absolute atomic E-state index is 14.2. The molecule has 5 atom stereocenters. The quantitative estimate of drug-likeness (QED) is 0.128. The average Bonchev–Trinajstić information content (AvgIpc) is 3.67. The molecule has 2 fully saturated rings. The molecular formula is C43H63N5O6. The lowest BCUT2D eigenvalue weighted by Crippen LogP contribution is -2.51. The smallest absolute Gasteiger partial charge is 0.320 e. The third-order valence-corrected chi connectivity index (χ3v) is 11.1. The van der Waals surface area contributed by atoms with Gasteiger partial charge in [0.2, 0.25) is 11.8 Å². The van der Waals surface area contributed by atoms with Crippen LogP contribution in [0.5, 0.6) is 0 Å². The van der Waals surface area contributed by atoms with Gasteiger partial charge < -0.3 is 26.4 Å². The van der Waals surface area contributed by atoms with Gasteiger partial charge in [0, 0.05) is 43.8 Å². The lowest BCUT2D eigenvalue weighted by Gasteiger charge is -2.39. The molecule has 5 N–H and O–H groups in total. The number of rotatable bonds is 22. The zero-order valence-electron chi connectivity index (χ0n) is 32.6. The number of piperidine rings is 1. The van der Waals surface area contributed by atoms with Crippen molar-refractivity contribution >= 4 is 29.4 Å². The molecule has 2 saturated heterocycles. The number of unbranched alkanes of at least 4 members (excludes halogenated alkanes) is 1. The molecule has 2 aromatic rings. The summed E-state index contributed by atoms with van der Waals surface area (Å²) < 4.78 is 0. The highest BCUT2D eigenvalue weighted by Crippen LogP contribution is 2.28. The lowest BCUT2D eigenvalue weighted by atomic mass is 9.87. The number of carboxylic acid groups (broad SMARTS) is 1. The van der Waals surface area contributed by atoms with E-state index in [9.17, 15) is 29.1 Å². The molecule has 11 nitrogen and oxygen atoms in total. The number of hydrogen-bond acceptors (Lipinski definition) is 8. The molecule has 2 heterocycles. The summed E-state index contributed by atoms with van der Waals surface area (Å²) in [6.07, 6.45) is 6.23. The number of likely N-dealkylation sites (tertiary alicyclic amines) is 2. The van der Waals surface area contributed by atoms with Gasteiger partial charge in [-0.25, -0.2) is 0 Å². The van der Waals surface area contributed by atoms with Crippen molar-refractivity contribution in [3.8, 4) is 0 Å². The number of amides is 2. The Morgan fingerprint density at radius 2 is 1.43 bits per heavy atom. The summed E-state index contributed by atoms with van der Waals surface area (Å²) in [6.45, 7) is 6.63. The largest absolute Gasteiger partial charge is 0.480 e. The predicted octanol–water partition coefficient (Wildman–Crippen LogP) is 4.41. The van der Waals surface area contributed by atoms with Gasteiger partial charge in [-0.2, -0.15) is 0 Å². The number of hydrogen-bond donors (Lipinski definition) is 4. The number of ketones is 2. The summed E-state index contributed by atoms with van der Waals surface area (Å²) in [6, 6.07) is 17.2. The fourth-order valence-corrected chi connectivity index (χ4v) is 8.12. The summed E-state index contributed by atoms with van der Waals surface area (Å²) in [5.74, 6) is -2.72. The summed E-state index contributed by atoms with van der Waals surface area (Å²) in [5.41, 5.74) is 8.22. The molecule has 11 heteroatoms. The molecule has 54 heavy (non-hydrogen) atoms. The topological polar surface area (TPSA) is 162 Å². The number of carboxylic acids is 1. The highest BCUT2D eigenvalue weighted by atomic mass is 16.4. The van der Waals surface area contributed by atoms with Crippen molar-refractivity contribution in [1.82, 2.24) is 20.4 Å². The van der Waals surface area contributed by atoms with Gasteiger partial charge >= 0.3 is 5.97 Å². The Balaban J connectivity index is 1.45. The second kappa shape index (κ2) is 21.8. The minimum absolute atomic E-state index is 0.0213. The van der Waals surface area contributed by atoms with Crippen LogP contribution in [-0.4, -0.2) is 102 Å². The Morgan fingerprint density at radius 1 is 0.815 bits per heavy atom. The van der Waals surface area contributed by atoms with Crippen molar-refractivity contribution in [3.63, 3.8) is 0 Å². The van der Waals surface area contributed by atoms with E-state index in [1.165, 1.54) is 0 Å². The van der Waals surface area contributed by atoms with E-state index in [-0.39, 0.29) is 48.2 Å². The Hall–Kier alpha value is -3.93. The molecular weight excluding hydrogens is 683 g/mol. The van der Waals surface area contributed by atoms with Crippen molar-refractivity contribution in [2.24, 2.45) is 23.5 Å². The van der Waals surface area contributed by atoms with Gasteiger partial charge in [0.25, 0.3) is 0 Å². The molecule has 4 rings (SSSR count). The van der Waals surface area contributed by atoms with Gasteiger partial charge in [-0.3, -0.25) is 28.9 Å². The Labute approximate surface area is 321 Å². The maximum Gasteiger partial charge on any atom is 0.320 e. The van der Waals surface area contributed by atoms with Crippen LogP contribution in [0.15, 0.2) is 60.7 Å². The van der Waals surface area contributed by atoms with Gasteiger partial charge in [-0.1, -0.05) is 80.9 Å². The van der Waals surface area contributed by atoms with E-state index >= 15 is 0 Å². The van der Waals surface area contributed by atoms with Gasteiger partial charge in [0.15, 0.2) is 11.6 Å². The van der Waals surface area contributed by atoms with Crippen LogP contribution < -0.4 is 16.4 Å². The summed E-state index contributed by atoms with van der Waals surface area (Å²) >= 11 is 0. The first-order chi connectivity index (χ1) is 26.0. The Morgan fingerprint density at radius 3 is 2.02 bits per heavy atom. The number of carbonyl (C=O) groups excluding carboxylic acids is 4. The molecule has 0 aromatic heterocycles. The first-order valence-corrected chi connectivity index (χ1v) is 20.1. The van der Waals surface area contributed by atoms with E-state index in [0.717, 1.165) is 43.5 Å². The summed E-state index contributed by atoms with van der Waals surface area (Å²) in [5, 5.41) is 15.9. The van der Waals surface area contributed by atoms with Crippen molar-refractivity contribution in [2.45, 2.75) is 115 Å². The average molecular weight is 746 g/mol. The molecule has 0 radical (unpaired) electrons. The third-order valence-electron chi connectivity index (χ3n) is 11.1. The van der Waals surface area contributed by atoms with Crippen LogP contribution in [0.4, 0.5) is 0 Å². The van der Waals surface area contributed by atoms with E-state index in [0.29, 0.717) is 58.0 Å². The monoisotopic (exact) mass is 745 g/mol.